The molecule has 0 spiro atoms. The molecule has 0 aromatic heterocycles. The first-order valence-electron chi connectivity index (χ1n) is 7.15. The molecule has 1 amide bonds. The van der Waals surface area contributed by atoms with Crippen LogP contribution in [0.2, 0.25) is 5.02 Å². The van der Waals surface area contributed by atoms with E-state index in [-0.39, 0.29) is 12.1 Å². The summed E-state index contributed by atoms with van der Waals surface area (Å²) in [5.41, 5.74) is 0.757. The fraction of sp³-hybridized carbons (Fsp3) is 0.176. The van der Waals surface area contributed by atoms with Crippen LogP contribution in [0.3, 0.4) is 0 Å². The molecule has 24 heavy (non-hydrogen) atoms. The quantitative estimate of drug-likeness (QED) is 0.924. The fourth-order valence-corrected chi connectivity index (χ4v) is 2.72. The number of carbonyl (C=O) groups excluding carboxylic acids is 1. The summed E-state index contributed by atoms with van der Waals surface area (Å²) in [5, 5.41) is 9.65. The number of hydrogen-bond donors (Lipinski definition) is 1. The van der Waals surface area contributed by atoms with Crippen LogP contribution in [0, 0.1) is 0 Å². The molecule has 0 aliphatic carbocycles. The van der Waals surface area contributed by atoms with E-state index in [1.165, 1.54) is 18.1 Å². The van der Waals surface area contributed by atoms with Crippen molar-refractivity contribution in [1.82, 2.24) is 0 Å². The molecule has 1 atom stereocenters. The van der Waals surface area contributed by atoms with E-state index in [1.54, 1.807) is 36.4 Å². The van der Waals surface area contributed by atoms with Crippen LogP contribution in [-0.2, 0) is 4.79 Å². The van der Waals surface area contributed by atoms with Crippen molar-refractivity contribution in [2.45, 2.75) is 6.10 Å². The van der Waals surface area contributed by atoms with Crippen LogP contribution in [0.4, 0.5) is 5.69 Å². The molecular formula is C17H14ClNO5. The molecule has 0 saturated carbocycles. The van der Waals surface area contributed by atoms with Crippen molar-refractivity contribution in [3.05, 3.63) is 53.1 Å². The number of carbonyl (C=O) groups is 2. The minimum Gasteiger partial charge on any atom is -0.496 e. The summed E-state index contributed by atoms with van der Waals surface area (Å²) in [6.07, 6.45) is -1.14. The summed E-state index contributed by atoms with van der Waals surface area (Å²) in [7, 11) is 1.45. The number of carboxylic acids is 1. The Hall–Kier alpha value is -2.73. The van der Waals surface area contributed by atoms with E-state index in [9.17, 15) is 14.7 Å². The summed E-state index contributed by atoms with van der Waals surface area (Å²) in [6.45, 7) is -0.110. The van der Waals surface area contributed by atoms with Gasteiger partial charge in [-0.15, -0.1) is 0 Å². The van der Waals surface area contributed by atoms with Crippen LogP contribution >= 0.6 is 11.6 Å². The molecule has 2 aromatic carbocycles. The van der Waals surface area contributed by atoms with Crippen molar-refractivity contribution < 1.29 is 24.2 Å². The molecule has 0 radical (unpaired) electrons. The summed E-state index contributed by atoms with van der Waals surface area (Å²) in [6, 6.07) is 11.5. The van der Waals surface area contributed by atoms with Crippen LogP contribution in [0.25, 0.3) is 0 Å². The highest BCUT2D eigenvalue weighted by atomic mass is 35.5. The van der Waals surface area contributed by atoms with Crippen molar-refractivity contribution in [3.8, 4) is 11.5 Å². The van der Waals surface area contributed by atoms with Gasteiger partial charge in [0.15, 0.2) is 0 Å². The van der Waals surface area contributed by atoms with Gasteiger partial charge >= 0.3 is 5.97 Å². The molecule has 0 bridgehead atoms. The van der Waals surface area contributed by atoms with E-state index in [0.717, 1.165) is 0 Å². The highest BCUT2D eigenvalue weighted by Crippen LogP contribution is 2.35. The summed E-state index contributed by atoms with van der Waals surface area (Å²) < 4.78 is 10.7. The maximum Gasteiger partial charge on any atom is 0.346 e. The predicted molar refractivity (Wildman–Crippen MR) is 88.2 cm³/mol. The Morgan fingerprint density at radius 1 is 1.29 bits per heavy atom. The Balaban J connectivity index is 2.06. The Morgan fingerprint density at radius 2 is 2.04 bits per heavy atom. The summed E-state index contributed by atoms with van der Waals surface area (Å²) in [4.78, 5) is 25.7. The monoisotopic (exact) mass is 347 g/mol. The number of para-hydroxylation sites is 2. The van der Waals surface area contributed by atoms with Gasteiger partial charge in [0.2, 0.25) is 6.10 Å². The number of carboxylic acid groups (broad SMARTS) is 1. The molecular weight excluding hydrogens is 334 g/mol. The van der Waals surface area contributed by atoms with Gasteiger partial charge in [0.1, 0.15) is 11.5 Å². The third-order valence-corrected chi connectivity index (χ3v) is 3.92. The van der Waals surface area contributed by atoms with E-state index >= 15 is 0 Å². The van der Waals surface area contributed by atoms with Gasteiger partial charge in [-0.25, -0.2) is 4.79 Å². The van der Waals surface area contributed by atoms with Crippen LogP contribution in [-0.4, -0.2) is 36.7 Å². The number of fused-ring (bicyclic) bond motifs is 1. The Kier molecular flexibility index (Phi) is 4.31. The number of rotatable bonds is 3. The number of methoxy groups -OCH3 is 1. The standard InChI is InChI=1S/C17H14ClNO5/c1-23-13-7-6-10(18)8-11(13)16(20)19-9-15(17(21)22)24-14-5-3-2-4-12(14)19/h2-8,15H,9H2,1H3,(H,21,22)/t15-/m0/s1. The van der Waals surface area contributed by atoms with Gasteiger partial charge in [0.25, 0.3) is 5.91 Å². The zero-order valence-electron chi connectivity index (χ0n) is 12.7. The number of hydrogen-bond acceptors (Lipinski definition) is 4. The van der Waals surface area contributed by atoms with Gasteiger partial charge in [-0.2, -0.15) is 0 Å². The Bertz CT molecular complexity index is 807. The molecule has 124 valence electrons. The largest absolute Gasteiger partial charge is 0.496 e. The minimum atomic E-state index is -1.14. The van der Waals surface area contributed by atoms with E-state index in [4.69, 9.17) is 21.1 Å². The molecule has 1 aliphatic heterocycles. The predicted octanol–water partition coefficient (Wildman–Crippen LogP) is 2.84. The number of halogens is 1. The molecule has 1 heterocycles. The first kappa shape index (κ1) is 16.1. The SMILES string of the molecule is COc1ccc(Cl)cc1C(=O)N1C[C@@H](C(=O)O)Oc2ccccc21. The van der Waals surface area contributed by atoms with Crippen molar-refractivity contribution >= 4 is 29.2 Å². The minimum absolute atomic E-state index is 0.110. The van der Waals surface area contributed by atoms with Crippen molar-refractivity contribution in [1.29, 1.82) is 0 Å². The fourth-order valence-electron chi connectivity index (χ4n) is 2.55. The first-order chi connectivity index (χ1) is 11.5. The lowest BCUT2D eigenvalue weighted by atomic mass is 10.1. The molecule has 6 nitrogen and oxygen atoms in total. The maximum atomic E-state index is 13.0. The van der Waals surface area contributed by atoms with Crippen LogP contribution in [0.1, 0.15) is 10.4 Å². The van der Waals surface area contributed by atoms with E-state index in [1.807, 2.05) is 0 Å². The molecule has 0 unspecified atom stereocenters. The van der Waals surface area contributed by atoms with E-state index in [0.29, 0.717) is 22.2 Å². The number of nitrogens with zero attached hydrogens (tertiary/aromatic N) is 1. The lowest BCUT2D eigenvalue weighted by molar-refractivity contribution is -0.144. The van der Waals surface area contributed by atoms with Gasteiger partial charge in [0, 0.05) is 5.02 Å². The average molecular weight is 348 g/mol. The Morgan fingerprint density at radius 3 is 2.75 bits per heavy atom. The summed E-state index contributed by atoms with van der Waals surface area (Å²) in [5.74, 6) is -0.845. The van der Waals surface area contributed by atoms with Gasteiger partial charge < -0.3 is 19.5 Å². The zero-order valence-corrected chi connectivity index (χ0v) is 13.5. The number of anilines is 1. The third kappa shape index (κ3) is 2.88. The first-order valence-corrected chi connectivity index (χ1v) is 7.53. The molecule has 2 aromatic rings. The molecule has 3 rings (SSSR count). The van der Waals surface area contributed by atoms with Gasteiger partial charge in [-0.3, -0.25) is 4.79 Å². The lowest BCUT2D eigenvalue weighted by Crippen LogP contribution is -2.47. The Labute approximate surface area is 143 Å². The molecule has 0 fully saturated rings. The van der Waals surface area contributed by atoms with Crippen LogP contribution in [0.5, 0.6) is 11.5 Å². The number of benzene rings is 2. The highest BCUT2D eigenvalue weighted by Gasteiger charge is 2.34. The van der Waals surface area contributed by atoms with Crippen LogP contribution < -0.4 is 14.4 Å². The van der Waals surface area contributed by atoms with E-state index < -0.39 is 18.0 Å². The van der Waals surface area contributed by atoms with Gasteiger partial charge in [-0.1, -0.05) is 23.7 Å². The molecule has 0 saturated heterocycles. The maximum absolute atomic E-state index is 13.0. The van der Waals surface area contributed by atoms with Crippen molar-refractivity contribution in [3.63, 3.8) is 0 Å². The number of amides is 1. The third-order valence-electron chi connectivity index (χ3n) is 3.69. The van der Waals surface area contributed by atoms with Crippen molar-refractivity contribution in [2.24, 2.45) is 0 Å². The second kappa shape index (κ2) is 6.41. The van der Waals surface area contributed by atoms with E-state index in [2.05, 4.69) is 0 Å². The van der Waals surface area contributed by atoms with Gasteiger partial charge in [0.05, 0.1) is 24.9 Å². The lowest BCUT2D eigenvalue weighted by Gasteiger charge is -2.33. The average Bonchev–Trinajstić information content (AvgIpc) is 2.60. The highest BCUT2D eigenvalue weighted by molar-refractivity contribution is 6.31. The topological polar surface area (TPSA) is 76.1 Å². The molecule has 7 heteroatoms. The van der Waals surface area contributed by atoms with Gasteiger partial charge in [-0.05, 0) is 30.3 Å². The second-order valence-corrected chi connectivity index (χ2v) is 5.61. The number of ether oxygens (including phenoxy) is 2. The molecule has 1 N–H and O–H groups in total. The second-order valence-electron chi connectivity index (χ2n) is 5.17. The zero-order chi connectivity index (χ0) is 17.3. The van der Waals surface area contributed by atoms with Crippen molar-refractivity contribution in [2.75, 3.05) is 18.6 Å². The smallest absolute Gasteiger partial charge is 0.346 e. The summed E-state index contributed by atoms with van der Waals surface area (Å²) >= 11 is 5.99. The number of aliphatic carboxylic acids is 1. The normalized spacial score (nSPS) is 16.1. The van der Waals surface area contributed by atoms with Crippen LogP contribution in [0.15, 0.2) is 42.5 Å². The molecule has 1 aliphatic rings.